The van der Waals surface area contributed by atoms with Gasteiger partial charge < -0.3 is 14.2 Å². The Morgan fingerprint density at radius 3 is 2.79 bits per heavy atom. The lowest BCUT2D eigenvalue weighted by atomic mass is 9.92. The monoisotopic (exact) mass is 379 g/mol. The number of carbonyl (C=O) groups is 1. The fourth-order valence-corrected chi connectivity index (χ4v) is 3.76. The third-order valence-electron chi connectivity index (χ3n) is 5.28. The number of benzene rings is 2. The third kappa shape index (κ3) is 3.96. The van der Waals surface area contributed by atoms with Gasteiger partial charge in [0.05, 0.1) is 25.9 Å². The van der Waals surface area contributed by atoms with E-state index in [4.69, 9.17) is 14.2 Å². The van der Waals surface area contributed by atoms with Gasteiger partial charge in [0.2, 0.25) is 0 Å². The van der Waals surface area contributed by atoms with Crippen molar-refractivity contribution in [3.63, 3.8) is 0 Å². The first-order valence-electron chi connectivity index (χ1n) is 9.70. The number of rotatable bonds is 4. The number of carbonyl (C=O) groups excluding carboxylic acids is 1. The zero-order chi connectivity index (χ0) is 19.3. The van der Waals surface area contributed by atoms with E-state index in [2.05, 4.69) is 23.1 Å². The van der Waals surface area contributed by atoms with Gasteiger partial charge in [-0.15, -0.1) is 0 Å². The molecule has 2 aromatic carbocycles. The summed E-state index contributed by atoms with van der Waals surface area (Å²) >= 11 is 0. The normalized spacial score (nSPS) is 18.0. The Hall–Kier alpha value is -2.63. The molecule has 0 atom stereocenters. The Morgan fingerprint density at radius 1 is 1.14 bits per heavy atom. The molecule has 0 aromatic heterocycles. The lowest BCUT2D eigenvalue weighted by Crippen LogP contribution is -2.36. The molecular weight excluding hydrogens is 354 g/mol. The number of hydrogen-bond donors (Lipinski definition) is 0. The molecule has 5 nitrogen and oxygen atoms in total. The standard InChI is InChI=1S/C23H25NO4/c1-26-23(25)17-8-9-22-21(15-17)20(7-4-10-24-11-13-27-14-12-24)19-6-3-2-5-18(19)16-28-22/h2-3,5-9,15H,4,10-14,16H2,1H3/b20-7-. The van der Waals surface area contributed by atoms with Gasteiger partial charge in [0.25, 0.3) is 0 Å². The minimum atomic E-state index is -0.340. The van der Waals surface area contributed by atoms with Crippen LogP contribution in [0.25, 0.3) is 5.57 Å². The van der Waals surface area contributed by atoms with Crippen LogP contribution >= 0.6 is 0 Å². The first kappa shape index (κ1) is 18.7. The van der Waals surface area contributed by atoms with Crippen LogP contribution in [0, 0.1) is 0 Å². The molecule has 2 aliphatic heterocycles. The van der Waals surface area contributed by atoms with Gasteiger partial charge in [-0.3, -0.25) is 4.90 Å². The molecule has 0 unspecified atom stereocenters. The highest BCUT2D eigenvalue weighted by Crippen LogP contribution is 2.37. The SMILES string of the molecule is COC(=O)c1ccc2c(c1)/C(=C\CCN1CCOCC1)c1ccccc1CO2. The predicted octanol–water partition coefficient (Wildman–Crippen LogP) is 3.52. The molecule has 4 rings (SSSR count). The summed E-state index contributed by atoms with van der Waals surface area (Å²) in [5, 5.41) is 0. The van der Waals surface area contributed by atoms with E-state index in [0.29, 0.717) is 12.2 Å². The minimum absolute atomic E-state index is 0.340. The quantitative estimate of drug-likeness (QED) is 0.761. The van der Waals surface area contributed by atoms with Crippen molar-refractivity contribution < 1.29 is 19.0 Å². The molecule has 28 heavy (non-hydrogen) atoms. The average Bonchev–Trinajstić information content (AvgIpc) is 2.91. The van der Waals surface area contributed by atoms with Gasteiger partial charge in [0, 0.05) is 25.2 Å². The number of nitrogens with zero attached hydrogens (tertiary/aromatic N) is 1. The Morgan fingerprint density at radius 2 is 1.96 bits per heavy atom. The van der Waals surface area contributed by atoms with E-state index >= 15 is 0 Å². The average molecular weight is 379 g/mol. The molecular formula is C23H25NO4. The van der Waals surface area contributed by atoms with E-state index in [0.717, 1.165) is 67.3 Å². The summed E-state index contributed by atoms with van der Waals surface area (Å²) in [5.74, 6) is 0.453. The smallest absolute Gasteiger partial charge is 0.337 e. The summed E-state index contributed by atoms with van der Waals surface area (Å²) in [5.41, 5.74) is 4.89. The van der Waals surface area contributed by atoms with Crippen LogP contribution in [0.1, 0.15) is 33.5 Å². The maximum Gasteiger partial charge on any atom is 0.337 e. The summed E-state index contributed by atoms with van der Waals surface area (Å²) < 4.78 is 16.4. The molecule has 0 bridgehead atoms. The molecule has 0 radical (unpaired) electrons. The van der Waals surface area contributed by atoms with Crippen LogP contribution < -0.4 is 4.74 Å². The number of esters is 1. The van der Waals surface area contributed by atoms with Gasteiger partial charge >= 0.3 is 5.97 Å². The van der Waals surface area contributed by atoms with Crippen LogP contribution in [0.5, 0.6) is 5.75 Å². The number of ether oxygens (including phenoxy) is 3. The molecule has 0 amide bonds. The van der Waals surface area contributed by atoms with Crippen molar-refractivity contribution in [1.29, 1.82) is 0 Å². The lowest BCUT2D eigenvalue weighted by Gasteiger charge is -2.26. The highest BCUT2D eigenvalue weighted by Gasteiger charge is 2.21. The van der Waals surface area contributed by atoms with Crippen LogP contribution in [0.3, 0.4) is 0 Å². The molecule has 2 heterocycles. The van der Waals surface area contributed by atoms with Crippen molar-refractivity contribution in [2.45, 2.75) is 13.0 Å². The fourth-order valence-electron chi connectivity index (χ4n) is 3.76. The van der Waals surface area contributed by atoms with Crippen molar-refractivity contribution in [1.82, 2.24) is 4.90 Å². The first-order valence-corrected chi connectivity index (χ1v) is 9.70. The topological polar surface area (TPSA) is 48.0 Å². The van der Waals surface area contributed by atoms with Crippen molar-refractivity contribution in [3.05, 3.63) is 70.8 Å². The molecule has 1 saturated heterocycles. The number of methoxy groups -OCH3 is 1. The second kappa shape index (κ2) is 8.59. The molecule has 146 valence electrons. The van der Waals surface area contributed by atoms with Gasteiger partial charge in [0.15, 0.2) is 0 Å². The molecule has 0 saturated carbocycles. The number of hydrogen-bond acceptors (Lipinski definition) is 5. The van der Waals surface area contributed by atoms with E-state index in [1.165, 1.54) is 7.11 Å². The summed E-state index contributed by atoms with van der Waals surface area (Å²) in [6.45, 7) is 5.07. The largest absolute Gasteiger partial charge is 0.488 e. The van der Waals surface area contributed by atoms with Gasteiger partial charge in [0.1, 0.15) is 12.4 Å². The molecule has 5 heteroatoms. The Bertz CT molecular complexity index is 884. The van der Waals surface area contributed by atoms with Crippen LogP contribution in [0.2, 0.25) is 0 Å². The zero-order valence-corrected chi connectivity index (χ0v) is 16.1. The van der Waals surface area contributed by atoms with E-state index in [1.807, 2.05) is 24.3 Å². The second-order valence-electron chi connectivity index (χ2n) is 7.01. The highest BCUT2D eigenvalue weighted by molar-refractivity contribution is 5.93. The summed E-state index contributed by atoms with van der Waals surface area (Å²) in [6, 6.07) is 13.8. The number of fused-ring (bicyclic) bond motifs is 2. The van der Waals surface area contributed by atoms with Gasteiger partial charge in [-0.25, -0.2) is 4.79 Å². The highest BCUT2D eigenvalue weighted by atomic mass is 16.5. The fraction of sp³-hybridized carbons (Fsp3) is 0.348. The van der Waals surface area contributed by atoms with E-state index < -0.39 is 0 Å². The summed E-state index contributed by atoms with van der Waals surface area (Å²) in [6.07, 6.45) is 3.19. The Labute approximate surface area is 165 Å². The molecule has 0 aliphatic carbocycles. The van der Waals surface area contributed by atoms with Crippen molar-refractivity contribution in [2.24, 2.45) is 0 Å². The zero-order valence-electron chi connectivity index (χ0n) is 16.1. The Balaban J connectivity index is 1.69. The maximum absolute atomic E-state index is 12.1. The van der Waals surface area contributed by atoms with Gasteiger partial charge in [-0.1, -0.05) is 30.3 Å². The molecule has 0 spiro atoms. The van der Waals surface area contributed by atoms with E-state index in [9.17, 15) is 4.79 Å². The Kier molecular flexibility index (Phi) is 5.74. The first-order chi connectivity index (χ1) is 13.8. The molecule has 2 aliphatic rings. The number of morpholine rings is 1. The maximum atomic E-state index is 12.1. The molecule has 2 aromatic rings. The van der Waals surface area contributed by atoms with Crippen molar-refractivity contribution in [2.75, 3.05) is 40.0 Å². The predicted molar refractivity (Wildman–Crippen MR) is 108 cm³/mol. The van der Waals surface area contributed by atoms with Crippen LogP contribution in [-0.4, -0.2) is 50.8 Å². The third-order valence-corrected chi connectivity index (χ3v) is 5.28. The lowest BCUT2D eigenvalue weighted by molar-refractivity contribution is 0.0387. The minimum Gasteiger partial charge on any atom is -0.488 e. The van der Waals surface area contributed by atoms with E-state index in [1.54, 1.807) is 6.07 Å². The van der Waals surface area contributed by atoms with Crippen molar-refractivity contribution in [3.8, 4) is 5.75 Å². The van der Waals surface area contributed by atoms with E-state index in [-0.39, 0.29) is 5.97 Å². The molecule has 1 fully saturated rings. The van der Waals surface area contributed by atoms with Crippen LogP contribution in [-0.2, 0) is 16.1 Å². The van der Waals surface area contributed by atoms with Crippen molar-refractivity contribution >= 4 is 11.5 Å². The van der Waals surface area contributed by atoms with Crippen LogP contribution in [0.15, 0.2) is 48.5 Å². The van der Waals surface area contributed by atoms with Gasteiger partial charge in [-0.05, 0) is 41.3 Å². The van der Waals surface area contributed by atoms with Crippen LogP contribution in [0.4, 0.5) is 0 Å². The van der Waals surface area contributed by atoms with Gasteiger partial charge in [-0.2, -0.15) is 0 Å². The molecule has 0 N–H and O–H groups in total. The summed E-state index contributed by atoms with van der Waals surface area (Å²) in [4.78, 5) is 14.5. The second-order valence-corrected chi connectivity index (χ2v) is 7.01. The summed E-state index contributed by atoms with van der Waals surface area (Å²) in [7, 11) is 1.40.